The van der Waals surface area contributed by atoms with E-state index in [-0.39, 0.29) is 0 Å². The Balaban J connectivity index is 3.17. The average molecular weight is 210 g/mol. The maximum Gasteiger partial charge on any atom is 0.184 e. The van der Waals surface area contributed by atoms with Crippen LogP contribution in [-0.4, -0.2) is 13.7 Å². The topological polar surface area (TPSA) is 34.1 Å². The summed E-state index contributed by atoms with van der Waals surface area (Å²) in [7, 11) is -3.22. The van der Waals surface area contributed by atoms with E-state index in [0.29, 0.717) is 4.90 Å². The zero-order valence-corrected chi connectivity index (χ0v) is 9.21. The Kier molecular flexibility index (Phi) is 3.11. The third-order valence-electron chi connectivity index (χ3n) is 2.17. The predicted octanol–water partition coefficient (Wildman–Crippen LogP) is 2.34. The first-order valence-electron chi connectivity index (χ1n) is 4.41. The predicted molar refractivity (Wildman–Crippen MR) is 58.0 cm³/mol. The minimum Gasteiger partial charge on any atom is -0.223 e. The highest BCUT2D eigenvalue weighted by molar-refractivity contribution is 7.92. The summed E-state index contributed by atoms with van der Waals surface area (Å²) in [5.74, 6) is 0. The summed E-state index contributed by atoms with van der Waals surface area (Å²) in [6, 6.07) is 6.85. The first-order valence-corrected chi connectivity index (χ1v) is 5.96. The molecule has 0 aromatic heterocycles. The van der Waals surface area contributed by atoms with Crippen molar-refractivity contribution in [2.75, 3.05) is 0 Å². The lowest BCUT2D eigenvalue weighted by molar-refractivity contribution is 0.591. The number of hydrogen-bond acceptors (Lipinski definition) is 2. The monoisotopic (exact) mass is 210 g/mol. The molecular formula is C11H14O2S. The molecule has 1 aromatic carbocycles. The standard InChI is InChI=1S/C11H14O2S/c1-4-10(3)14(12,13)11-7-5-9(2)6-8-11/h4-8,10H,1H2,2-3H3/t10-/m1/s1. The lowest BCUT2D eigenvalue weighted by atomic mass is 10.2. The summed E-state index contributed by atoms with van der Waals surface area (Å²) in [4.78, 5) is 0.357. The molecule has 1 atom stereocenters. The van der Waals surface area contributed by atoms with Gasteiger partial charge in [0.25, 0.3) is 0 Å². The summed E-state index contributed by atoms with van der Waals surface area (Å²) >= 11 is 0. The molecule has 1 aromatic rings. The lowest BCUT2D eigenvalue weighted by Gasteiger charge is -2.08. The average Bonchev–Trinajstić information content (AvgIpc) is 2.17. The van der Waals surface area contributed by atoms with E-state index in [0.717, 1.165) is 5.56 Å². The van der Waals surface area contributed by atoms with E-state index in [1.54, 1.807) is 31.2 Å². The van der Waals surface area contributed by atoms with Gasteiger partial charge in [-0.1, -0.05) is 23.8 Å². The van der Waals surface area contributed by atoms with E-state index in [1.807, 2.05) is 6.92 Å². The van der Waals surface area contributed by atoms with Crippen LogP contribution < -0.4 is 0 Å². The van der Waals surface area contributed by atoms with Crippen LogP contribution in [0.3, 0.4) is 0 Å². The number of sulfone groups is 1. The van der Waals surface area contributed by atoms with Gasteiger partial charge in [0.15, 0.2) is 9.84 Å². The smallest absolute Gasteiger partial charge is 0.184 e. The molecule has 2 nitrogen and oxygen atoms in total. The van der Waals surface area contributed by atoms with Gasteiger partial charge < -0.3 is 0 Å². The molecule has 0 fully saturated rings. The van der Waals surface area contributed by atoms with Crippen LogP contribution in [0.25, 0.3) is 0 Å². The van der Waals surface area contributed by atoms with E-state index in [1.165, 1.54) is 6.08 Å². The Morgan fingerprint density at radius 3 is 2.21 bits per heavy atom. The minimum absolute atomic E-state index is 0.357. The van der Waals surface area contributed by atoms with Gasteiger partial charge in [-0.25, -0.2) is 8.42 Å². The molecule has 0 radical (unpaired) electrons. The number of aryl methyl sites for hydroxylation is 1. The van der Waals surface area contributed by atoms with Crippen molar-refractivity contribution in [1.82, 2.24) is 0 Å². The SMILES string of the molecule is C=C[C@@H](C)S(=O)(=O)c1ccc(C)cc1. The van der Waals surface area contributed by atoms with Crippen LogP contribution in [0.2, 0.25) is 0 Å². The Morgan fingerprint density at radius 1 is 1.29 bits per heavy atom. The fraction of sp³-hybridized carbons (Fsp3) is 0.273. The molecule has 0 heterocycles. The number of hydrogen-bond donors (Lipinski definition) is 0. The molecule has 0 unspecified atom stereocenters. The molecule has 0 N–H and O–H groups in total. The maximum atomic E-state index is 11.8. The highest BCUT2D eigenvalue weighted by atomic mass is 32.2. The van der Waals surface area contributed by atoms with E-state index in [4.69, 9.17) is 0 Å². The minimum atomic E-state index is -3.22. The first kappa shape index (κ1) is 11.0. The van der Waals surface area contributed by atoms with Crippen LogP contribution >= 0.6 is 0 Å². The lowest BCUT2D eigenvalue weighted by Crippen LogP contribution is -2.14. The quantitative estimate of drug-likeness (QED) is 0.718. The summed E-state index contributed by atoms with van der Waals surface area (Å²) in [6.45, 7) is 7.04. The number of benzene rings is 1. The molecule has 76 valence electrons. The van der Waals surface area contributed by atoms with Gasteiger partial charge >= 0.3 is 0 Å². The van der Waals surface area contributed by atoms with Crippen LogP contribution in [0.4, 0.5) is 0 Å². The third kappa shape index (κ3) is 2.04. The molecule has 0 bridgehead atoms. The van der Waals surface area contributed by atoms with Crippen LogP contribution in [-0.2, 0) is 9.84 Å². The van der Waals surface area contributed by atoms with Crippen molar-refractivity contribution in [1.29, 1.82) is 0 Å². The van der Waals surface area contributed by atoms with Crippen molar-refractivity contribution >= 4 is 9.84 Å². The summed E-state index contributed by atoms with van der Waals surface area (Å²) in [5.41, 5.74) is 1.05. The van der Waals surface area contributed by atoms with Crippen molar-refractivity contribution in [3.63, 3.8) is 0 Å². The van der Waals surface area contributed by atoms with E-state index in [9.17, 15) is 8.42 Å². The molecule has 0 saturated carbocycles. The number of rotatable bonds is 3. The Labute approximate surface area is 85.2 Å². The van der Waals surface area contributed by atoms with Gasteiger partial charge in [-0.2, -0.15) is 0 Å². The fourth-order valence-corrected chi connectivity index (χ4v) is 2.27. The highest BCUT2D eigenvalue weighted by Gasteiger charge is 2.19. The van der Waals surface area contributed by atoms with Crippen molar-refractivity contribution in [3.8, 4) is 0 Å². The van der Waals surface area contributed by atoms with Crippen molar-refractivity contribution in [3.05, 3.63) is 42.5 Å². The normalized spacial score (nSPS) is 13.6. The van der Waals surface area contributed by atoms with Gasteiger partial charge in [0.1, 0.15) is 0 Å². The van der Waals surface area contributed by atoms with Crippen molar-refractivity contribution in [2.45, 2.75) is 24.0 Å². The molecule has 1 rings (SSSR count). The molecular weight excluding hydrogens is 196 g/mol. The maximum absolute atomic E-state index is 11.8. The Hall–Kier alpha value is -1.09. The molecule has 0 saturated heterocycles. The fourth-order valence-electron chi connectivity index (χ4n) is 1.07. The van der Waals surface area contributed by atoms with E-state index < -0.39 is 15.1 Å². The largest absolute Gasteiger partial charge is 0.223 e. The van der Waals surface area contributed by atoms with Gasteiger partial charge in [0.2, 0.25) is 0 Å². The summed E-state index contributed by atoms with van der Waals surface area (Å²) in [5, 5.41) is -0.537. The van der Waals surface area contributed by atoms with Crippen LogP contribution in [0, 0.1) is 6.92 Å². The third-order valence-corrected chi connectivity index (χ3v) is 4.27. The van der Waals surface area contributed by atoms with Gasteiger partial charge in [0.05, 0.1) is 10.1 Å². The van der Waals surface area contributed by atoms with Crippen molar-refractivity contribution in [2.24, 2.45) is 0 Å². The van der Waals surface area contributed by atoms with Gasteiger partial charge in [-0.15, -0.1) is 6.58 Å². The van der Waals surface area contributed by atoms with Crippen LogP contribution in [0.1, 0.15) is 12.5 Å². The van der Waals surface area contributed by atoms with Crippen molar-refractivity contribution < 1.29 is 8.42 Å². The van der Waals surface area contributed by atoms with Crippen LogP contribution in [0.5, 0.6) is 0 Å². The second-order valence-corrected chi connectivity index (χ2v) is 5.60. The zero-order valence-electron chi connectivity index (χ0n) is 8.40. The second-order valence-electron chi connectivity index (χ2n) is 3.30. The molecule has 0 aliphatic carbocycles. The van der Waals surface area contributed by atoms with Crippen LogP contribution in [0.15, 0.2) is 41.8 Å². The highest BCUT2D eigenvalue weighted by Crippen LogP contribution is 2.16. The summed E-state index contributed by atoms with van der Waals surface area (Å²) < 4.78 is 23.6. The van der Waals surface area contributed by atoms with Gasteiger partial charge in [-0.3, -0.25) is 0 Å². The molecule has 0 aliphatic heterocycles. The van der Waals surface area contributed by atoms with Gasteiger partial charge in [0, 0.05) is 0 Å². The second kappa shape index (κ2) is 3.96. The Morgan fingerprint density at radius 2 is 1.79 bits per heavy atom. The molecule has 0 aliphatic rings. The molecule has 3 heteroatoms. The van der Waals surface area contributed by atoms with E-state index in [2.05, 4.69) is 6.58 Å². The van der Waals surface area contributed by atoms with Gasteiger partial charge in [-0.05, 0) is 26.0 Å². The molecule has 14 heavy (non-hydrogen) atoms. The molecule has 0 amide bonds. The zero-order chi connectivity index (χ0) is 10.8. The Bertz CT molecular complexity index is 415. The first-order chi connectivity index (χ1) is 6.48. The van der Waals surface area contributed by atoms with E-state index >= 15 is 0 Å². The summed E-state index contributed by atoms with van der Waals surface area (Å²) in [6.07, 6.45) is 1.44. The molecule has 0 spiro atoms.